The third kappa shape index (κ3) is 4.87. The highest BCUT2D eigenvalue weighted by molar-refractivity contribution is 8.00. The molecule has 29 heavy (non-hydrogen) atoms. The Hall–Kier alpha value is -2.61. The first-order chi connectivity index (χ1) is 13.9. The standard InChI is InChI=1S/C21H26N4O3S/c1-4-24-19(26)13-18(21(24)28)29-17-9-6-5-8-16(17)20(27)22-10-7-11-25-15(3)12-14(2)23-25/h5-6,8-9,12,18H,4,7,10-11,13H2,1-3H3,(H,22,27). The van der Waals surface area contributed by atoms with Gasteiger partial charge in [0.2, 0.25) is 11.8 Å². The van der Waals surface area contributed by atoms with Crippen LogP contribution in [0, 0.1) is 13.8 Å². The summed E-state index contributed by atoms with van der Waals surface area (Å²) in [7, 11) is 0. The lowest BCUT2D eigenvalue weighted by molar-refractivity contribution is -0.137. The van der Waals surface area contributed by atoms with Crippen LogP contribution in [0.5, 0.6) is 0 Å². The number of nitrogens with one attached hydrogen (secondary N) is 1. The van der Waals surface area contributed by atoms with Gasteiger partial charge in [-0.1, -0.05) is 12.1 Å². The molecule has 1 fully saturated rings. The summed E-state index contributed by atoms with van der Waals surface area (Å²) in [5.74, 6) is -0.505. The van der Waals surface area contributed by atoms with Crippen LogP contribution in [0.4, 0.5) is 0 Å². The largest absolute Gasteiger partial charge is 0.352 e. The molecule has 8 heteroatoms. The molecule has 1 unspecified atom stereocenters. The molecule has 1 atom stereocenters. The van der Waals surface area contributed by atoms with Gasteiger partial charge in [-0.2, -0.15) is 5.10 Å². The second kappa shape index (κ2) is 9.26. The number of carbonyl (C=O) groups is 3. The minimum atomic E-state index is -0.470. The van der Waals surface area contributed by atoms with Crippen molar-refractivity contribution < 1.29 is 14.4 Å². The molecule has 2 heterocycles. The van der Waals surface area contributed by atoms with E-state index in [1.54, 1.807) is 19.1 Å². The number of benzene rings is 1. The van der Waals surface area contributed by atoms with Gasteiger partial charge in [-0.3, -0.25) is 24.0 Å². The number of amides is 3. The second-order valence-electron chi connectivity index (χ2n) is 7.04. The SMILES string of the molecule is CCN1C(=O)CC(Sc2ccccc2C(=O)NCCCn2nc(C)cc2C)C1=O. The topological polar surface area (TPSA) is 84.3 Å². The van der Waals surface area contributed by atoms with Crippen LogP contribution in [-0.4, -0.2) is 50.7 Å². The maximum absolute atomic E-state index is 12.7. The van der Waals surface area contributed by atoms with E-state index in [-0.39, 0.29) is 24.1 Å². The first-order valence-corrected chi connectivity index (χ1v) is 10.7. The molecule has 1 aromatic carbocycles. The molecule has 1 aliphatic rings. The van der Waals surface area contributed by atoms with E-state index in [1.807, 2.05) is 36.7 Å². The summed E-state index contributed by atoms with van der Waals surface area (Å²) in [5, 5.41) is 6.90. The fraction of sp³-hybridized carbons (Fsp3) is 0.429. The lowest BCUT2D eigenvalue weighted by Gasteiger charge is -2.14. The molecule has 0 aliphatic carbocycles. The third-order valence-corrected chi connectivity index (χ3v) is 6.12. The fourth-order valence-electron chi connectivity index (χ4n) is 3.41. The Labute approximate surface area is 174 Å². The molecule has 1 aromatic heterocycles. The second-order valence-corrected chi connectivity index (χ2v) is 8.29. The zero-order chi connectivity index (χ0) is 21.0. The number of thioether (sulfide) groups is 1. The molecular weight excluding hydrogens is 388 g/mol. The number of hydrogen-bond acceptors (Lipinski definition) is 5. The molecular formula is C21H26N4O3S. The number of rotatable bonds is 8. The van der Waals surface area contributed by atoms with E-state index in [1.165, 1.54) is 16.7 Å². The molecule has 3 amide bonds. The molecule has 2 aromatic rings. The van der Waals surface area contributed by atoms with Crippen molar-refractivity contribution in [2.75, 3.05) is 13.1 Å². The van der Waals surface area contributed by atoms with E-state index in [4.69, 9.17) is 0 Å². The quantitative estimate of drug-likeness (QED) is 0.530. The maximum Gasteiger partial charge on any atom is 0.252 e. The smallest absolute Gasteiger partial charge is 0.252 e. The van der Waals surface area contributed by atoms with Gasteiger partial charge in [0.25, 0.3) is 5.91 Å². The van der Waals surface area contributed by atoms with Crippen LogP contribution in [-0.2, 0) is 16.1 Å². The lowest BCUT2D eigenvalue weighted by atomic mass is 10.2. The molecule has 1 N–H and O–H groups in total. The van der Waals surface area contributed by atoms with E-state index in [2.05, 4.69) is 10.4 Å². The number of likely N-dealkylation sites (tertiary alicyclic amines) is 1. The van der Waals surface area contributed by atoms with Crippen molar-refractivity contribution in [3.05, 3.63) is 47.3 Å². The molecule has 0 radical (unpaired) electrons. The fourth-order valence-corrected chi connectivity index (χ4v) is 4.62. The van der Waals surface area contributed by atoms with Gasteiger partial charge >= 0.3 is 0 Å². The summed E-state index contributed by atoms with van der Waals surface area (Å²) in [6.07, 6.45) is 0.944. The third-order valence-electron chi connectivity index (χ3n) is 4.86. The zero-order valence-corrected chi connectivity index (χ0v) is 17.8. The molecule has 1 aliphatic heterocycles. The first-order valence-electron chi connectivity index (χ1n) is 9.79. The van der Waals surface area contributed by atoms with Gasteiger partial charge < -0.3 is 5.32 Å². The lowest BCUT2D eigenvalue weighted by Crippen LogP contribution is -2.31. The van der Waals surface area contributed by atoms with E-state index in [0.29, 0.717) is 23.5 Å². The Balaban J connectivity index is 1.58. The summed E-state index contributed by atoms with van der Waals surface area (Å²) < 4.78 is 1.94. The molecule has 1 saturated heterocycles. The number of imide groups is 1. The zero-order valence-electron chi connectivity index (χ0n) is 17.0. The highest BCUT2D eigenvalue weighted by atomic mass is 32.2. The Morgan fingerprint density at radius 2 is 2.03 bits per heavy atom. The van der Waals surface area contributed by atoms with E-state index >= 15 is 0 Å². The van der Waals surface area contributed by atoms with Gasteiger partial charge in [-0.15, -0.1) is 11.8 Å². The summed E-state index contributed by atoms with van der Waals surface area (Å²) in [5.41, 5.74) is 2.62. The summed E-state index contributed by atoms with van der Waals surface area (Å²) in [4.78, 5) is 39.0. The van der Waals surface area contributed by atoms with Gasteiger partial charge in [0.05, 0.1) is 16.5 Å². The average molecular weight is 415 g/mol. The Morgan fingerprint density at radius 3 is 2.69 bits per heavy atom. The van der Waals surface area contributed by atoms with Crippen LogP contribution in [0.2, 0.25) is 0 Å². The number of aromatic nitrogens is 2. The predicted octanol–water partition coefficient (Wildman–Crippen LogP) is 2.56. The van der Waals surface area contributed by atoms with Crippen molar-refractivity contribution in [1.82, 2.24) is 20.0 Å². The number of nitrogens with zero attached hydrogens (tertiary/aromatic N) is 3. The Morgan fingerprint density at radius 1 is 1.28 bits per heavy atom. The van der Waals surface area contributed by atoms with Crippen LogP contribution >= 0.6 is 11.8 Å². The average Bonchev–Trinajstić information content (AvgIpc) is 3.15. The molecule has 0 spiro atoms. The van der Waals surface area contributed by atoms with Crippen molar-refractivity contribution >= 4 is 29.5 Å². The van der Waals surface area contributed by atoms with Gasteiger partial charge in [0.1, 0.15) is 0 Å². The highest BCUT2D eigenvalue weighted by Crippen LogP contribution is 2.33. The Bertz CT molecular complexity index is 924. The van der Waals surface area contributed by atoms with Gasteiger partial charge in [-0.05, 0) is 45.4 Å². The first kappa shape index (κ1) is 21.1. The number of hydrogen-bond donors (Lipinski definition) is 1. The maximum atomic E-state index is 12.7. The van der Waals surface area contributed by atoms with Crippen LogP contribution in [0.1, 0.15) is 41.5 Å². The van der Waals surface area contributed by atoms with E-state index < -0.39 is 5.25 Å². The summed E-state index contributed by atoms with van der Waals surface area (Å²) in [6, 6.07) is 9.23. The van der Waals surface area contributed by atoms with Gasteiger partial charge in [0.15, 0.2) is 0 Å². The van der Waals surface area contributed by atoms with Gasteiger partial charge in [0, 0.05) is 36.6 Å². The van der Waals surface area contributed by atoms with Crippen LogP contribution in [0.3, 0.4) is 0 Å². The normalized spacial score (nSPS) is 16.5. The monoisotopic (exact) mass is 414 g/mol. The molecule has 7 nitrogen and oxygen atoms in total. The van der Waals surface area contributed by atoms with Crippen molar-refractivity contribution in [1.29, 1.82) is 0 Å². The van der Waals surface area contributed by atoms with Crippen LogP contribution in [0.15, 0.2) is 35.2 Å². The molecule has 3 rings (SSSR count). The minimum Gasteiger partial charge on any atom is -0.352 e. The van der Waals surface area contributed by atoms with Gasteiger partial charge in [-0.25, -0.2) is 0 Å². The predicted molar refractivity (Wildman–Crippen MR) is 112 cm³/mol. The number of aryl methyl sites for hydroxylation is 3. The molecule has 0 saturated carbocycles. The van der Waals surface area contributed by atoms with Crippen molar-refractivity contribution in [2.24, 2.45) is 0 Å². The van der Waals surface area contributed by atoms with Crippen LogP contribution < -0.4 is 5.32 Å². The Kier molecular flexibility index (Phi) is 6.74. The van der Waals surface area contributed by atoms with Crippen LogP contribution in [0.25, 0.3) is 0 Å². The summed E-state index contributed by atoms with van der Waals surface area (Å²) in [6.45, 7) is 7.41. The van der Waals surface area contributed by atoms with Crippen molar-refractivity contribution in [2.45, 2.75) is 50.3 Å². The van der Waals surface area contributed by atoms with E-state index in [9.17, 15) is 14.4 Å². The minimum absolute atomic E-state index is 0.152. The number of carbonyl (C=O) groups excluding carboxylic acids is 3. The molecule has 154 valence electrons. The highest BCUT2D eigenvalue weighted by Gasteiger charge is 2.38. The van der Waals surface area contributed by atoms with E-state index in [0.717, 1.165) is 24.4 Å². The summed E-state index contributed by atoms with van der Waals surface area (Å²) >= 11 is 1.29. The van der Waals surface area contributed by atoms with Crippen molar-refractivity contribution in [3.8, 4) is 0 Å². The molecule has 0 bridgehead atoms. The van der Waals surface area contributed by atoms with Crippen molar-refractivity contribution in [3.63, 3.8) is 0 Å².